The first-order valence-corrected chi connectivity index (χ1v) is 47.7. The van der Waals surface area contributed by atoms with E-state index < -0.39 is 58.7 Å². The normalized spacial score (nSPS) is 15.4. The van der Waals surface area contributed by atoms with Gasteiger partial charge in [-0.2, -0.15) is 0 Å². The molecular weight excluding hydrogens is 1380 g/mol. The van der Waals surface area contributed by atoms with Crippen LogP contribution in [-0.2, 0) is 36.7 Å². The van der Waals surface area contributed by atoms with Crippen molar-refractivity contribution in [2.75, 3.05) is 65.9 Å². The van der Waals surface area contributed by atoms with Crippen molar-refractivity contribution in [2.24, 2.45) is 0 Å². The first-order valence-electron chi connectivity index (χ1n) is 44.7. The summed E-state index contributed by atoms with van der Waals surface area (Å²) in [5.74, 6) is 0. The Labute approximate surface area is 651 Å². The Morgan fingerprint density at radius 1 is 0.264 bits per heavy atom. The number of rotatable bonds is 88. The highest BCUT2D eigenvalue weighted by Gasteiger charge is 2.27. The summed E-state index contributed by atoms with van der Waals surface area (Å²) in [4.78, 5) is 34.3. The number of aliphatic hydroxyl groups is 4. The lowest BCUT2D eigenvalue weighted by atomic mass is 10.0. The highest BCUT2D eigenvalue weighted by atomic mass is 31.2. The SMILES string of the molecule is CCCCCCCCCCCCCC(O)NC(COCC[C@H](CCCCCCC)NC(O)CCCCCCCCCCC)COP(=O)(O)OCCNC(=O)NCCOP(=O)(O)OCC(COCC[C@H](CCCCCCC)NC(O)CCCCCCCCCCC)NC(O)CCCCCCCCCCCCC. The van der Waals surface area contributed by atoms with Crippen LogP contribution in [0, 0.1) is 0 Å². The summed E-state index contributed by atoms with van der Waals surface area (Å²) in [5.41, 5.74) is 0. The fourth-order valence-corrected chi connectivity index (χ4v) is 15.2. The molecule has 23 heteroatoms. The molecule has 8 unspecified atom stereocenters. The second kappa shape index (κ2) is 79.3. The van der Waals surface area contributed by atoms with Gasteiger partial charge in [-0.3, -0.25) is 39.4 Å². The smallest absolute Gasteiger partial charge is 0.380 e. The van der Waals surface area contributed by atoms with Gasteiger partial charge in [-0.15, -0.1) is 0 Å². The van der Waals surface area contributed by atoms with Crippen LogP contribution in [0.15, 0.2) is 0 Å². The number of unbranched alkanes of at least 4 members (excludes halogenated alkanes) is 44. The van der Waals surface area contributed by atoms with Gasteiger partial charge in [-0.25, -0.2) is 13.9 Å². The van der Waals surface area contributed by atoms with Crippen LogP contribution in [0.4, 0.5) is 4.79 Å². The van der Waals surface area contributed by atoms with E-state index in [-0.39, 0.29) is 64.8 Å². The van der Waals surface area contributed by atoms with Gasteiger partial charge >= 0.3 is 21.7 Å². The zero-order valence-corrected chi connectivity index (χ0v) is 71.2. The average molecular weight is 1560 g/mol. The van der Waals surface area contributed by atoms with Crippen LogP contribution in [0.1, 0.15) is 414 Å². The number of amides is 2. The molecule has 0 aliphatic carbocycles. The summed E-state index contributed by atoms with van der Waals surface area (Å²) in [7, 11) is -9.29. The number of carbonyl (C=O) groups is 1. The quantitative estimate of drug-likeness (QED) is 0.0153. The van der Waals surface area contributed by atoms with Gasteiger partial charge in [0.05, 0.1) is 51.7 Å². The molecule has 0 radical (unpaired) electrons. The third-order valence-electron chi connectivity index (χ3n) is 20.4. The molecule has 21 nitrogen and oxygen atoms in total. The number of phosphoric ester groups is 2. The van der Waals surface area contributed by atoms with Crippen LogP contribution in [-0.4, -0.2) is 151 Å². The first kappa shape index (κ1) is 105. The maximum absolute atomic E-state index is 13.2. The molecule has 0 aromatic rings. The highest BCUT2D eigenvalue weighted by Crippen LogP contribution is 2.44. The Balaban J connectivity index is 5.55. The highest BCUT2D eigenvalue weighted by molar-refractivity contribution is 7.47. The summed E-state index contributed by atoms with van der Waals surface area (Å²) >= 11 is 0. The van der Waals surface area contributed by atoms with Crippen molar-refractivity contribution in [3.05, 3.63) is 0 Å². The Hall–Kier alpha value is -0.910. The molecule has 0 bridgehead atoms. The molecule has 0 rings (SSSR count). The van der Waals surface area contributed by atoms with Gasteiger partial charge in [-0.1, -0.05) is 337 Å². The fraction of sp³-hybridized carbons (Fsp3) is 0.988. The van der Waals surface area contributed by atoms with Crippen LogP contribution in [0.25, 0.3) is 0 Å². The Morgan fingerprint density at radius 3 is 0.708 bits per heavy atom. The second-order valence-electron chi connectivity index (χ2n) is 30.9. The molecule has 0 aliphatic rings. The predicted octanol–water partition coefficient (Wildman–Crippen LogP) is 20.4. The molecule has 2 amide bonds. The molecular formula is C83H174N6O15P2. The van der Waals surface area contributed by atoms with Crippen molar-refractivity contribution < 1.29 is 71.7 Å². The maximum atomic E-state index is 13.2. The number of phosphoric acid groups is 2. The minimum absolute atomic E-state index is 0.0568. The van der Waals surface area contributed by atoms with E-state index in [9.17, 15) is 44.1 Å². The lowest BCUT2D eigenvalue weighted by Crippen LogP contribution is -2.44. The van der Waals surface area contributed by atoms with Gasteiger partial charge in [0.1, 0.15) is 24.9 Å². The Bertz CT molecular complexity index is 1790. The van der Waals surface area contributed by atoms with Crippen molar-refractivity contribution in [3.8, 4) is 0 Å². The number of hydrogen-bond donors (Lipinski definition) is 12. The zero-order valence-electron chi connectivity index (χ0n) is 69.5. The van der Waals surface area contributed by atoms with Gasteiger partial charge in [0, 0.05) is 38.4 Å². The second-order valence-corrected chi connectivity index (χ2v) is 33.8. The minimum atomic E-state index is -4.64. The molecule has 0 saturated heterocycles. The van der Waals surface area contributed by atoms with E-state index in [1.807, 2.05) is 0 Å². The Kier molecular flexibility index (Phi) is 78.6. The van der Waals surface area contributed by atoms with Crippen LogP contribution in [0.2, 0.25) is 0 Å². The van der Waals surface area contributed by atoms with Gasteiger partial charge in [0.25, 0.3) is 0 Å². The molecule has 636 valence electrons. The van der Waals surface area contributed by atoms with Crippen LogP contribution >= 0.6 is 15.6 Å². The molecule has 0 heterocycles. The molecule has 0 aromatic carbocycles. The van der Waals surface area contributed by atoms with E-state index in [0.717, 1.165) is 103 Å². The third kappa shape index (κ3) is 75.8. The summed E-state index contributed by atoms with van der Waals surface area (Å²) < 4.78 is 60.2. The fourth-order valence-electron chi connectivity index (χ4n) is 13.7. The number of carbonyl (C=O) groups excluding carboxylic acids is 1. The number of ether oxygens (including phenoxy) is 2. The van der Waals surface area contributed by atoms with Gasteiger partial charge in [0.2, 0.25) is 0 Å². The predicted molar refractivity (Wildman–Crippen MR) is 440 cm³/mol. The van der Waals surface area contributed by atoms with Crippen molar-refractivity contribution in [1.29, 1.82) is 0 Å². The van der Waals surface area contributed by atoms with E-state index in [0.29, 0.717) is 51.7 Å². The van der Waals surface area contributed by atoms with E-state index in [4.69, 9.17) is 27.6 Å². The summed E-state index contributed by atoms with van der Waals surface area (Å²) in [6, 6.07) is -1.88. The van der Waals surface area contributed by atoms with Gasteiger partial charge < -0.3 is 50.3 Å². The lowest BCUT2D eigenvalue weighted by molar-refractivity contribution is 0.0353. The van der Waals surface area contributed by atoms with Gasteiger partial charge in [-0.05, 0) is 77.0 Å². The van der Waals surface area contributed by atoms with Crippen LogP contribution in [0.5, 0.6) is 0 Å². The molecule has 12 N–H and O–H groups in total. The van der Waals surface area contributed by atoms with Crippen molar-refractivity contribution in [1.82, 2.24) is 31.9 Å². The first-order chi connectivity index (χ1) is 51.5. The van der Waals surface area contributed by atoms with E-state index in [2.05, 4.69) is 73.4 Å². The number of hydrogen-bond acceptors (Lipinski definition) is 17. The maximum Gasteiger partial charge on any atom is 0.472 e. The van der Waals surface area contributed by atoms with E-state index in [1.165, 1.54) is 231 Å². The molecule has 10 atom stereocenters. The number of urea groups is 1. The molecule has 0 fully saturated rings. The molecule has 0 spiro atoms. The zero-order chi connectivity index (χ0) is 77.8. The van der Waals surface area contributed by atoms with Crippen molar-refractivity contribution in [2.45, 2.75) is 463 Å². The minimum Gasteiger partial charge on any atom is -0.380 e. The van der Waals surface area contributed by atoms with Crippen LogP contribution in [0.3, 0.4) is 0 Å². The largest absolute Gasteiger partial charge is 0.472 e. The number of nitrogens with one attached hydrogen (secondary N) is 6. The van der Waals surface area contributed by atoms with Crippen molar-refractivity contribution >= 4 is 21.7 Å². The van der Waals surface area contributed by atoms with E-state index in [1.54, 1.807) is 0 Å². The van der Waals surface area contributed by atoms with Crippen molar-refractivity contribution in [3.63, 3.8) is 0 Å². The topological polar surface area (TPSA) is 300 Å². The van der Waals surface area contributed by atoms with Gasteiger partial charge in [0.15, 0.2) is 0 Å². The average Bonchev–Trinajstić information content (AvgIpc) is 0.919. The summed E-state index contributed by atoms with van der Waals surface area (Å²) in [5, 5.41) is 62.8. The molecule has 106 heavy (non-hydrogen) atoms. The van der Waals surface area contributed by atoms with Crippen LogP contribution < -0.4 is 31.9 Å². The number of aliphatic hydroxyl groups excluding tert-OH is 4. The third-order valence-corrected chi connectivity index (χ3v) is 22.3. The lowest BCUT2D eigenvalue weighted by Gasteiger charge is -2.25. The standard InChI is InChI=1S/C83H174N6O15P2/c1-7-13-19-25-29-33-35-39-43-49-55-61-81(92)88-77(71-99-67-63-75(57-51-45-23-17-11-5)86-79(90)59-53-47-41-37-31-27-21-15-9-3)73-103-105(95,96)101-69-65-84-83(94)85-66-70-102-106(97,98)104-74-78(89-82(93)62-56-50-44-40-36-34-30-26-20-14-8-2)72-100-68-64-76(58-52-46-24-18-12-6)87-80(91)60-54-48-42-38-32-28-22-16-10-4/h75-82,86-93H,7-74H2,1-6H3,(H,95,96)(H,97,98)(H2,84,85,94)/t75-,76-,77?,78?,79?,80?,81?,82?/m0/s1. The summed E-state index contributed by atoms with van der Waals surface area (Å²) in [6.45, 7) is 12.6. The monoisotopic (exact) mass is 1560 g/mol. The van der Waals surface area contributed by atoms with E-state index >= 15 is 0 Å². The molecule has 0 saturated carbocycles. The molecule has 0 aliphatic heterocycles. The summed E-state index contributed by atoms with van der Waals surface area (Å²) in [6.07, 6.45) is 62.3. The Morgan fingerprint density at radius 2 is 0.472 bits per heavy atom. The molecule has 0 aromatic heterocycles.